The van der Waals surface area contributed by atoms with E-state index in [1.165, 1.54) is 0 Å². The summed E-state index contributed by atoms with van der Waals surface area (Å²) in [5.41, 5.74) is 7.11. The molecule has 0 fully saturated rings. The highest BCUT2D eigenvalue weighted by molar-refractivity contribution is 5.84. The van der Waals surface area contributed by atoms with Crippen molar-refractivity contribution in [3.63, 3.8) is 0 Å². The minimum absolute atomic E-state index is 0.122. The highest BCUT2D eigenvalue weighted by Crippen LogP contribution is 2.13. The summed E-state index contributed by atoms with van der Waals surface area (Å²) in [5, 5.41) is 9.45. The van der Waals surface area contributed by atoms with Gasteiger partial charge in [-0.1, -0.05) is 60.7 Å². The molecule has 3 N–H and O–H groups in total. The van der Waals surface area contributed by atoms with Gasteiger partial charge in [0.1, 0.15) is 6.04 Å². The maximum atomic E-state index is 11.8. The number of nitrogens with two attached hydrogens (primary N) is 1. The third-order valence-electron chi connectivity index (χ3n) is 3.42. The average molecular weight is 298 g/mol. The number of carboxylic acid groups (broad SMARTS) is 1. The molecule has 0 radical (unpaired) electrons. The molecule has 0 saturated heterocycles. The van der Waals surface area contributed by atoms with Crippen molar-refractivity contribution < 1.29 is 14.7 Å². The van der Waals surface area contributed by atoms with Crippen molar-refractivity contribution in [3.8, 4) is 0 Å². The Morgan fingerprint density at radius 1 is 0.955 bits per heavy atom. The predicted octanol–water partition coefficient (Wildman–Crippen LogP) is 2.26. The van der Waals surface area contributed by atoms with Gasteiger partial charge >= 0.3 is 6.09 Å². The van der Waals surface area contributed by atoms with E-state index in [4.69, 9.17) is 5.73 Å². The van der Waals surface area contributed by atoms with Crippen LogP contribution in [0, 0.1) is 0 Å². The fourth-order valence-electron chi connectivity index (χ4n) is 2.29. The number of carbonyl (C=O) groups is 2. The highest BCUT2D eigenvalue weighted by Gasteiger charge is 2.28. The van der Waals surface area contributed by atoms with Crippen molar-refractivity contribution in [2.45, 2.75) is 19.0 Å². The zero-order valence-electron chi connectivity index (χ0n) is 12.1. The average Bonchev–Trinajstić information content (AvgIpc) is 2.52. The Kier molecular flexibility index (Phi) is 5.14. The number of primary amides is 1. The summed E-state index contributed by atoms with van der Waals surface area (Å²) in [6, 6.07) is 17.5. The van der Waals surface area contributed by atoms with Crippen LogP contribution in [0.5, 0.6) is 0 Å². The smallest absolute Gasteiger partial charge is 0.408 e. The molecule has 2 amide bonds. The summed E-state index contributed by atoms with van der Waals surface area (Å²) in [7, 11) is 0. The van der Waals surface area contributed by atoms with Gasteiger partial charge in [0.25, 0.3) is 0 Å². The summed E-state index contributed by atoms with van der Waals surface area (Å²) in [6.07, 6.45) is -0.904. The van der Waals surface area contributed by atoms with Crippen LogP contribution in [0.25, 0.3) is 0 Å². The number of carbonyl (C=O) groups excluding carboxylic acids is 1. The van der Waals surface area contributed by atoms with Gasteiger partial charge < -0.3 is 10.8 Å². The zero-order valence-corrected chi connectivity index (χ0v) is 12.1. The Bertz CT molecular complexity index is 571. The quantitative estimate of drug-likeness (QED) is 0.858. The van der Waals surface area contributed by atoms with Crippen LogP contribution in [0.1, 0.15) is 11.1 Å². The molecule has 1 atom stereocenters. The summed E-state index contributed by atoms with van der Waals surface area (Å²) < 4.78 is 0. The first-order valence-corrected chi connectivity index (χ1v) is 6.94. The zero-order chi connectivity index (χ0) is 15.9. The van der Waals surface area contributed by atoms with Gasteiger partial charge in [0, 0.05) is 13.0 Å². The van der Waals surface area contributed by atoms with Crippen LogP contribution < -0.4 is 5.73 Å². The van der Waals surface area contributed by atoms with E-state index in [1.807, 2.05) is 60.7 Å². The molecule has 0 spiro atoms. The van der Waals surface area contributed by atoms with Crippen LogP contribution in [0.3, 0.4) is 0 Å². The minimum atomic E-state index is -1.16. The van der Waals surface area contributed by atoms with E-state index in [2.05, 4.69) is 0 Å². The van der Waals surface area contributed by atoms with Crippen LogP contribution in [0.15, 0.2) is 60.7 Å². The van der Waals surface area contributed by atoms with E-state index in [-0.39, 0.29) is 13.0 Å². The van der Waals surface area contributed by atoms with Crippen LogP contribution >= 0.6 is 0 Å². The summed E-state index contributed by atoms with van der Waals surface area (Å²) in [4.78, 5) is 24.4. The van der Waals surface area contributed by atoms with Gasteiger partial charge in [-0.2, -0.15) is 0 Å². The third kappa shape index (κ3) is 4.09. The second kappa shape index (κ2) is 7.26. The van der Waals surface area contributed by atoms with Gasteiger partial charge in [0.15, 0.2) is 0 Å². The van der Waals surface area contributed by atoms with E-state index in [0.717, 1.165) is 16.0 Å². The monoisotopic (exact) mass is 298 g/mol. The first-order chi connectivity index (χ1) is 10.6. The Balaban J connectivity index is 2.22. The molecule has 2 aromatic rings. The molecule has 0 heterocycles. The maximum absolute atomic E-state index is 11.8. The standard InChI is InChI=1S/C17H18N2O3/c18-16(20)15(11-13-7-3-1-4-8-13)19(17(21)22)12-14-9-5-2-6-10-14/h1-10,15H,11-12H2,(H2,18,20)(H,21,22). The van der Waals surface area contributed by atoms with Gasteiger partial charge in [-0.15, -0.1) is 0 Å². The molecule has 22 heavy (non-hydrogen) atoms. The number of benzene rings is 2. The fraction of sp³-hybridized carbons (Fsp3) is 0.176. The van der Waals surface area contributed by atoms with Crippen molar-refractivity contribution in [1.29, 1.82) is 0 Å². The van der Waals surface area contributed by atoms with Gasteiger partial charge in [-0.3, -0.25) is 9.69 Å². The summed E-state index contributed by atoms with van der Waals surface area (Å²) in [6.45, 7) is 0.122. The molecular formula is C17H18N2O3. The van der Waals surface area contributed by atoms with E-state index < -0.39 is 18.0 Å². The van der Waals surface area contributed by atoms with Crippen molar-refractivity contribution in [1.82, 2.24) is 4.90 Å². The van der Waals surface area contributed by atoms with Gasteiger partial charge in [-0.05, 0) is 11.1 Å². The summed E-state index contributed by atoms with van der Waals surface area (Å²) in [5.74, 6) is -0.651. The van der Waals surface area contributed by atoms with Gasteiger partial charge in [0.2, 0.25) is 5.91 Å². The molecule has 0 bridgehead atoms. The molecule has 5 nitrogen and oxygen atoms in total. The number of amides is 2. The molecular weight excluding hydrogens is 280 g/mol. The number of hydrogen-bond acceptors (Lipinski definition) is 2. The van der Waals surface area contributed by atoms with Crippen LogP contribution in [-0.2, 0) is 17.8 Å². The van der Waals surface area contributed by atoms with Crippen molar-refractivity contribution >= 4 is 12.0 Å². The Morgan fingerprint density at radius 2 is 1.45 bits per heavy atom. The molecule has 1 unspecified atom stereocenters. The van der Waals surface area contributed by atoms with E-state index >= 15 is 0 Å². The molecule has 0 aliphatic carbocycles. The van der Waals surface area contributed by atoms with Crippen molar-refractivity contribution in [2.75, 3.05) is 0 Å². The minimum Gasteiger partial charge on any atom is -0.465 e. The lowest BCUT2D eigenvalue weighted by atomic mass is 10.0. The first kappa shape index (κ1) is 15.6. The number of hydrogen-bond donors (Lipinski definition) is 2. The number of nitrogens with zero attached hydrogens (tertiary/aromatic N) is 1. The molecule has 0 saturated carbocycles. The van der Waals surface area contributed by atoms with Gasteiger partial charge in [0.05, 0.1) is 0 Å². The maximum Gasteiger partial charge on any atom is 0.408 e. The van der Waals surface area contributed by atoms with Crippen LogP contribution in [-0.4, -0.2) is 28.0 Å². The molecule has 0 aromatic heterocycles. The third-order valence-corrected chi connectivity index (χ3v) is 3.42. The molecule has 5 heteroatoms. The SMILES string of the molecule is NC(=O)C(Cc1ccccc1)N(Cc1ccccc1)C(=O)O. The van der Waals surface area contributed by atoms with E-state index in [1.54, 1.807) is 0 Å². The Hall–Kier alpha value is -2.82. The fourth-order valence-corrected chi connectivity index (χ4v) is 2.29. The lowest BCUT2D eigenvalue weighted by Crippen LogP contribution is -2.48. The Morgan fingerprint density at radius 3 is 1.91 bits per heavy atom. The van der Waals surface area contributed by atoms with Crippen molar-refractivity contribution in [2.24, 2.45) is 5.73 Å². The van der Waals surface area contributed by atoms with E-state index in [9.17, 15) is 14.7 Å². The first-order valence-electron chi connectivity index (χ1n) is 6.94. The predicted molar refractivity (Wildman–Crippen MR) is 83.1 cm³/mol. The van der Waals surface area contributed by atoms with Gasteiger partial charge in [-0.25, -0.2) is 4.79 Å². The molecule has 0 aliphatic heterocycles. The number of rotatable bonds is 6. The lowest BCUT2D eigenvalue weighted by molar-refractivity contribution is -0.122. The van der Waals surface area contributed by atoms with E-state index in [0.29, 0.717) is 0 Å². The normalized spacial score (nSPS) is 11.6. The second-order valence-electron chi connectivity index (χ2n) is 5.00. The molecule has 0 aliphatic rings. The molecule has 2 rings (SSSR count). The molecule has 2 aromatic carbocycles. The largest absolute Gasteiger partial charge is 0.465 e. The lowest BCUT2D eigenvalue weighted by Gasteiger charge is -2.27. The Labute approximate surface area is 129 Å². The van der Waals surface area contributed by atoms with Crippen LogP contribution in [0.2, 0.25) is 0 Å². The van der Waals surface area contributed by atoms with Crippen molar-refractivity contribution in [3.05, 3.63) is 71.8 Å². The highest BCUT2D eigenvalue weighted by atomic mass is 16.4. The topological polar surface area (TPSA) is 83.6 Å². The van der Waals surface area contributed by atoms with Crippen LogP contribution in [0.4, 0.5) is 4.79 Å². The second-order valence-corrected chi connectivity index (χ2v) is 5.00. The molecule has 114 valence electrons. The summed E-state index contributed by atoms with van der Waals surface area (Å²) >= 11 is 0.